The van der Waals surface area contributed by atoms with Crippen molar-refractivity contribution in [1.29, 1.82) is 0 Å². The summed E-state index contributed by atoms with van der Waals surface area (Å²) in [5.41, 5.74) is 0. The SMILES string of the molecule is C[C@H]1C[C@H]1C(=O)NCC(=O)N1CCN(c2ncccn2)CC1. The Labute approximate surface area is 129 Å². The fourth-order valence-electron chi connectivity index (χ4n) is 2.70. The molecule has 2 amide bonds. The quantitative estimate of drug-likeness (QED) is 0.840. The van der Waals surface area contributed by atoms with Crippen LogP contribution < -0.4 is 10.2 Å². The Balaban J connectivity index is 1.43. The number of nitrogens with zero attached hydrogens (tertiary/aromatic N) is 4. The number of hydrogen-bond acceptors (Lipinski definition) is 5. The third-order valence-electron chi connectivity index (χ3n) is 4.33. The first-order valence-electron chi connectivity index (χ1n) is 7.72. The molecule has 1 aromatic rings. The molecule has 0 radical (unpaired) electrons. The van der Waals surface area contributed by atoms with Gasteiger partial charge in [-0.15, -0.1) is 0 Å². The third-order valence-corrected chi connectivity index (χ3v) is 4.33. The first-order chi connectivity index (χ1) is 10.6. The molecule has 0 unspecified atom stereocenters. The van der Waals surface area contributed by atoms with Gasteiger partial charge in [-0.05, 0) is 18.4 Å². The third kappa shape index (κ3) is 3.35. The standard InChI is InChI=1S/C15H21N5O2/c1-11-9-12(11)14(22)18-10-13(21)19-5-7-20(8-6-19)15-16-3-2-4-17-15/h2-4,11-12H,5-10H2,1H3,(H,18,22)/t11-,12+/m0/s1. The highest BCUT2D eigenvalue weighted by atomic mass is 16.2. The van der Waals surface area contributed by atoms with Crippen LogP contribution in [0.2, 0.25) is 0 Å². The van der Waals surface area contributed by atoms with Gasteiger partial charge >= 0.3 is 0 Å². The Morgan fingerprint density at radius 2 is 1.86 bits per heavy atom. The Bertz CT molecular complexity index is 542. The second-order valence-electron chi connectivity index (χ2n) is 5.95. The first-order valence-corrected chi connectivity index (χ1v) is 7.72. The average molecular weight is 303 g/mol. The van der Waals surface area contributed by atoms with Crippen molar-refractivity contribution in [3.63, 3.8) is 0 Å². The molecule has 1 aliphatic heterocycles. The van der Waals surface area contributed by atoms with Crippen molar-refractivity contribution < 1.29 is 9.59 Å². The van der Waals surface area contributed by atoms with E-state index in [1.807, 2.05) is 0 Å². The van der Waals surface area contributed by atoms with Gasteiger partial charge in [0.2, 0.25) is 17.8 Å². The number of anilines is 1. The van der Waals surface area contributed by atoms with Crippen LogP contribution in [0.15, 0.2) is 18.5 Å². The monoisotopic (exact) mass is 303 g/mol. The summed E-state index contributed by atoms with van der Waals surface area (Å²) in [4.78, 5) is 36.2. The summed E-state index contributed by atoms with van der Waals surface area (Å²) in [5.74, 6) is 1.27. The Morgan fingerprint density at radius 1 is 1.23 bits per heavy atom. The van der Waals surface area contributed by atoms with Gasteiger partial charge in [-0.3, -0.25) is 9.59 Å². The number of piperazine rings is 1. The van der Waals surface area contributed by atoms with E-state index >= 15 is 0 Å². The van der Waals surface area contributed by atoms with Gasteiger partial charge in [-0.25, -0.2) is 9.97 Å². The van der Waals surface area contributed by atoms with Crippen LogP contribution in [-0.2, 0) is 9.59 Å². The molecule has 3 rings (SSSR count). The van der Waals surface area contributed by atoms with Gasteiger partial charge in [-0.2, -0.15) is 0 Å². The predicted molar refractivity (Wildman–Crippen MR) is 81.1 cm³/mol. The molecule has 7 heteroatoms. The molecule has 2 aliphatic rings. The van der Waals surface area contributed by atoms with E-state index in [1.54, 1.807) is 23.4 Å². The Kier molecular flexibility index (Phi) is 4.22. The number of aromatic nitrogens is 2. The average Bonchev–Trinajstić information content (AvgIpc) is 3.30. The largest absolute Gasteiger partial charge is 0.347 e. The van der Waals surface area contributed by atoms with Crippen LogP contribution in [0.3, 0.4) is 0 Å². The molecule has 1 N–H and O–H groups in total. The minimum atomic E-state index is -0.0183. The molecule has 0 aromatic carbocycles. The topological polar surface area (TPSA) is 78.4 Å². The lowest BCUT2D eigenvalue weighted by molar-refractivity contribution is -0.133. The van der Waals surface area contributed by atoms with Crippen molar-refractivity contribution >= 4 is 17.8 Å². The van der Waals surface area contributed by atoms with E-state index in [9.17, 15) is 9.59 Å². The molecule has 2 atom stereocenters. The molecule has 22 heavy (non-hydrogen) atoms. The van der Waals surface area contributed by atoms with Gasteiger partial charge in [0, 0.05) is 44.5 Å². The molecule has 1 saturated carbocycles. The van der Waals surface area contributed by atoms with E-state index in [0.717, 1.165) is 6.42 Å². The zero-order chi connectivity index (χ0) is 15.5. The van der Waals surface area contributed by atoms with Crippen LogP contribution in [0, 0.1) is 11.8 Å². The number of amides is 2. The van der Waals surface area contributed by atoms with Crippen LogP contribution in [0.4, 0.5) is 5.95 Å². The lowest BCUT2D eigenvalue weighted by atomic mass is 10.3. The van der Waals surface area contributed by atoms with Crippen molar-refractivity contribution in [2.24, 2.45) is 11.8 Å². The molecular weight excluding hydrogens is 282 g/mol. The summed E-state index contributed by atoms with van der Waals surface area (Å²) < 4.78 is 0. The summed E-state index contributed by atoms with van der Waals surface area (Å²) in [7, 11) is 0. The van der Waals surface area contributed by atoms with Crippen molar-refractivity contribution in [3.8, 4) is 0 Å². The molecule has 1 aromatic heterocycles. The van der Waals surface area contributed by atoms with Crippen LogP contribution in [-0.4, -0.2) is 59.4 Å². The van der Waals surface area contributed by atoms with Gasteiger partial charge in [0.05, 0.1) is 6.54 Å². The first kappa shape index (κ1) is 14.7. The second kappa shape index (κ2) is 6.29. The smallest absolute Gasteiger partial charge is 0.242 e. The number of rotatable bonds is 4. The van der Waals surface area contributed by atoms with E-state index in [4.69, 9.17) is 0 Å². The summed E-state index contributed by atoms with van der Waals surface area (Å²) in [6.45, 7) is 4.84. The fraction of sp³-hybridized carbons (Fsp3) is 0.600. The van der Waals surface area contributed by atoms with E-state index in [1.165, 1.54) is 0 Å². The highest BCUT2D eigenvalue weighted by molar-refractivity contribution is 5.87. The highest BCUT2D eigenvalue weighted by Crippen LogP contribution is 2.37. The maximum absolute atomic E-state index is 12.1. The Morgan fingerprint density at radius 3 is 2.45 bits per heavy atom. The van der Waals surface area contributed by atoms with E-state index in [0.29, 0.717) is 38.0 Å². The van der Waals surface area contributed by atoms with Crippen LogP contribution >= 0.6 is 0 Å². The molecule has 118 valence electrons. The minimum absolute atomic E-state index is 0.0113. The zero-order valence-corrected chi connectivity index (χ0v) is 12.7. The number of hydrogen-bond donors (Lipinski definition) is 1. The molecule has 2 heterocycles. The van der Waals surface area contributed by atoms with Crippen molar-refractivity contribution in [3.05, 3.63) is 18.5 Å². The second-order valence-corrected chi connectivity index (χ2v) is 5.95. The lowest BCUT2D eigenvalue weighted by Crippen LogP contribution is -2.51. The molecule has 7 nitrogen and oxygen atoms in total. The van der Waals surface area contributed by atoms with Crippen molar-refractivity contribution in [2.75, 3.05) is 37.6 Å². The molecule has 0 spiro atoms. The molecule has 0 bridgehead atoms. The van der Waals surface area contributed by atoms with Crippen LogP contribution in [0.25, 0.3) is 0 Å². The maximum Gasteiger partial charge on any atom is 0.242 e. The molecule has 1 saturated heterocycles. The maximum atomic E-state index is 12.1. The van der Waals surface area contributed by atoms with Gasteiger partial charge in [-0.1, -0.05) is 6.92 Å². The summed E-state index contributed by atoms with van der Waals surface area (Å²) >= 11 is 0. The van der Waals surface area contributed by atoms with Crippen LogP contribution in [0.5, 0.6) is 0 Å². The van der Waals surface area contributed by atoms with Gasteiger partial charge in [0.1, 0.15) is 0 Å². The Hall–Kier alpha value is -2.18. The van der Waals surface area contributed by atoms with Gasteiger partial charge in [0.15, 0.2) is 0 Å². The molecular formula is C15H21N5O2. The fourth-order valence-corrected chi connectivity index (χ4v) is 2.70. The highest BCUT2D eigenvalue weighted by Gasteiger charge is 2.39. The normalized spacial score (nSPS) is 24.0. The minimum Gasteiger partial charge on any atom is -0.347 e. The van der Waals surface area contributed by atoms with Crippen molar-refractivity contribution in [1.82, 2.24) is 20.2 Å². The summed E-state index contributed by atoms with van der Waals surface area (Å²) in [6, 6.07) is 1.78. The van der Waals surface area contributed by atoms with E-state index < -0.39 is 0 Å². The van der Waals surface area contributed by atoms with Gasteiger partial charge < -0.3 is 15.1 Å². The lowest BCUT2D eigenvalue weighted by Gasteiger charge is -2.34. The molecule has 2 fully saturated rings. The van der Waals surface area contributed by atoms with E-state index in [2.05, 4.69) is 27.1 Å². The van der Waals surface area contributed by atoms with Crippen molar-refractivity contribution in [2.45, 2.75) is 13.3 Å². The van der Waals surface area contributed by atoms with E-state index in [-0.39, 0.29) is 24.3 Å². The summed E-state index contributed by atoms with van der Waals surface area (Å²) in [5, 5.41) is 2.75. The number of nitrogens with one attached hydrogen (secondary N) is 1. The summed E-state index contributed by atoms with van der Waals surface area (Å²) in [6.07, 6.45) is 4.37. The number of carbonyl (C=O) groups excluding carboxylic acids is 2. The van der Waals surface area contributed by atoms with Crippen LogP contribution in [0.1, 0.15) is 13.3 Å². The molecule has 1 aliphatic carbocycles. The number of carbonyl (C=O) groups is 2. The van der Waals surface area contributed by atoms with Gasteiger partial charge in [0.25, 0.3) is 0 Å². The zero-order valence-electron chi connectivity index (χ0n) is 12.7. The predicted octanol–water partition coefficient (Wildman–Crippen LogP) is -0.103.